The predicted octanol–water partition coefficient (Wildman–Crippen LogP) is 1.03. The Balaban J connectivity index is 1.65. The molecule has 3 saturated heterocycles. The van der Waals surface area contributed by atoms with Gasteiger partial charge in [0, 0.05) is 40.3 Å². The summed E-state index contributed by atoms with van der Waals surface area (Å²) in [7, 11) is 3.29. The van der Waals surface area contributed by atoms with Gasteiger partial charge in [0.05, 0.1) is 0 Å². The summed E-state index contributed by atoms with van der Waals surface area (Å²) in [6.45, 7) is 2.93. The van der Waals surface area contributed by atoms with E-state index < -0.39 is 12.3 Å². The average Bonchev–Trinajstić information content (AvgIpc) is 2.87. The zero-order valence-electron chi connectivity index (χ0n) is 15.7. The van der Waals surface area contributed by atoms with Crippen molar-refractivity contribution in [1.29, 1.82) is 0 Å². The minimum absolute atomic E-state index is 0.179. The monoisotopic (exact) mass is 366 g/mol. The molecule has 3 aliphatic heterocycles. The molecule has 6 amide bonds. The minimum atomic E-state index is -0.587. The second-order valence-electron chi connectivity index (χ2n) is 7.39. The average molecular weight is 366 g/mol. The highest BCUT2D eigenvalue weighted by Crippen LogP contribution is 2.18. The highest BCUT2D eigenvalue weighted by Gasteiger charge is 2.44. The van der Waals surface area contributed by atoms with Gasteiger partial charge in [0.25, 0.3) is 0 Å². The van der Waals surface area contributed by atoms with Crippen LogP contribution in [0.15, 0.2) is 0 Å². The molecule has 0 unspecified atom stereocenters. The van der Waals surface area contributed by atoms with Gasteiger partial charge in [0.15, 0.2) is 0 Å². The quantitative estimate of drug-likeness (QED) is 0.765. The zero-order valence-corrected chi connectivity index (χ0v) is 15.7. The molecule has 0 spiro atoms. The molecule has 26 heavy (non-hydrogen) atoms. The summed E-state index contributed by atoms with van der Waals surface area (Å²) in [5, 5.41) is 5.87. The van der Waals surface area contributed by atoms with E-state index >= 15 is 0 Å². The van der Waals surface area contributed by atoms with Crippen molar-refractivity contribution >= 4 is 18.1 Å². The third kappa shape index (κ3) is 3.81. The molecule has 3 rings (SSSR count). The van der Waals surface area contributed by atoms with Gasteiger partial charge in [-0.25, -0.2) is 14.4 Å². The van der Waals surface area contributed by atoms with Crippen molar-refractivity contribution in [2.45, 2.75) is 50.9 Å². The molecule has 2 N–H and O–H groups in total. The molecule has 3 fully saturated rings. The Hall–Kier alpha value is -2.19. The van der Waals surface area contributed by atoms with Crippen LogP contribution in [0.5, 0.6) is 0 Å². The fourth-order valence-corrected chi connectivity index (χ4v) is 3.89. The first-order chi connectivity index (χ1) is 12.5. The molecule has 0 aliphatic carbocycles. The molecular formula is C17H30N6O3. The van der Waals surface area contributed by atoms with Crippen LogP contribution in [0.2, 0.25) is 0 Å². The number of nitrogens with zero attached hydrogens (tertiary/aromatic N) is 4. The molecule has 2 atom stereocenters. The Bertz CT molecular complexity index is 499. The fourth-order valence-electron chi connectivity index (χ4n) is 3.89. The van der Waals surface area contributed by atoms with Crippen LogP contribution in [0.1, 0.15) is 38.5 Å². The standard InChI is InChI=1S/C17H30N6O3/c1-20-13(18-15(24)22-9-5-3-6-10-22)14(21(2)17(20)26)19-16(25)23-11-7-4-8-12-23/h13-14H,3-12H2,1-2H3,(H,18,24)(H,19,25)/t13-,14+. The van der Waals surface area contributed by atoms with Gasteiger partial charge in [-0.3, -0.25) is 0 Å². The maximum Gasteiger partial charge on any atom is 0.323 e. The number of likely N-dealkylation sites (N-methyl/N-ethyl adjacent to an activating group) is 2. The van der Waals surface area contributed by atoms with E-state index in [-0.39, 0.29) is 18.1 Å². The smallest absolute Gasteiger partial charge is 0.323 e. The van der Waals surface area contributed by atoms with Gasteiger partial charge in [0.2, 0.25) is 0 Å². The zero-order chi connectivity index (χ0) is 18.7. The van der Waals surface area contributed by atoms with Gasteiger partial charge in [-0.1, -0.05) is 0 Å². The van der Waals surface area contributed by atoms with Crippen molar-refractivity contribution < 1.29 is 14.4 Å². The van der Waals surface area contributed by atoms with Crippen molar-refractivity contribution in [2.24, 2.45) is 0 Å². The summed E-state index contributed by atoms with van der Waals surface area (Å²) in [5.41, 5.74) is 0. The number of hydrogen-bond acceptors (Lipinski definition) is 3. The third-order valence-electron chi connectivity index (χ3n) is 5.57. The van der Waals surface area contributed by atoms with Crippen LogP contribution < -0.4 is 10.6 Å². The summed E-state index contributed by atoms with van der Waals surface area (Å²) in [5.74, 6) is 0. The van der Waals surface area contributed by atoms with Gasteiger partial charge in [-0.05, 0) is 38.5 Å². The van der Waals surface area contributed by atoms with E-state index in [0.717, 1.165) is 64.7 Å². The van der Waals surface area contributed by atoms with E-state index in [1.165, 1.54) is 9.80 Å². The van der Waals surface area contributed by atoms with E-state index in [9.17, 15) is 14.4 Å². The largest absolute Gasteiger partial charge is 0.325 e. The van der Waals surface area contributed by atoms with Crippen LogP contribution in [-0.2, 0) is 0 Å². The van der Waals surface area contributed by atoms with Crippen molar-refractivity contribution in [3.8, 4) is 0 Å². The Morgan fingerprint density at radius 3 is 1.42 bits per heavy atom. The van der Waals surface area contributed by atoms with Crippen LogP contribution in [0.25, 0.3) is 0 Å². The maximum absolute atomic E-state index is 12.6. The SMILES string of the molecule is CN1C(=O)N(C)[C@@H](NC(=O)N2CCCCC2)[C@H]1NC(=O)N1CCCCC1. The lowest BCUT2D eigenvalue weighted by Crippen LogP contribution is -2.60. The van der Waals surface area contributed by atoms with Crippen molar-refractivity contribution in [3.63, 3.8) is 0 Å². The Morgan fingerprint density at radius 2 is 1.08 bits per heavy atom. The van der Waals surface area contributed by atoms with E-state index in [2.05, 4.69) is 10.6 Å². The molecule has 0 aromatic heterocycles. The van der Waals surface area contributed by atoms with Gasteiger partial charge in [-0.2, -0.15) is 0 Å². The van der Waals surface area contributed by atoms with Gasteiger partial charge in [0.1, 0.15) is 12.3 Å². The number of hydrogen-bond donors (Lipinski definition) is 2. The normalized spacial score (nSPS) is 26.9. The number of piperidine rings is 2. The van der Waals surface area contributed by atoms with E-state index in [1.807, 2.05) is 0 Å². The number of amides is 6. The second-order valence-corrected chi connectivity index (χ2v) is 7.39. The topological polar surface area (TPSA) is 88.2 Å². The maximum atomic E-state index is 12.6. The number of rotatable bonds is 2. The van der Waals surface area contributed by atoms with Crippen LogP contribution in [-0.4, -0.2) is 90.3 Å². The Morgan fingerprint density at radius 1 is 0.731 bits per heavy atom. The highest BCUT2D eigenvalue weighted by molar-refractivity contribution is 5.82. The van der Waals surface area contributed by atoms with Crippen LogP contribution in [0, 0.1) is 0 Å². The molecule has 9 nitrogen and oxygen atoms in total. The second kappa shape index (κ2) is 8.01. The first-order valence-corrected chi connectivity index (χ1v) is 9.59. The molecule has 0 aromatic carbocycles. The summed E-state index contributed by atoms with van der Waals surface area (Å²) in [4.78, 5) is 44.0. The lowest BCUT2D eigenvalue weighted by molar-refractivity contribution is 0.150. The molecule has 0 radical (unpaired) electrons. The van der Waals surface area contributed by atoms with Crippen molar-refractivity contribution in [1.82, 2.24) is 30.2 Å². The lowest BCUT2D eigenvalue weighted by Gasteiger charge is -2.33. The first kappa shape index (κ1) is 18.6. The van der Waals surface area contributed by atoms with E-state index in [4.69, 9.17) is 0 Å². The molecule has 3 aliphatic rings. The molecule has 0 bridgehead atoms. The Kier molecular flexibility index (Phi) is 5.73. The number of nitrogens with one attached hydrogen (secondary N) is 2. The summed E-state index contributed by atoms with van der Waals surface area (Å²) in [6, 6.07) is -0.582. The van der Waals surface area contributed by atoms with Gasteiger partial charge < -0.3 is 30.2 Å². The fraction of sp³-hybridized carbons (Fsp3) is 0.824. The van der Waals surface area contributed by atoms with E-state index in [0.29, 0.717) is 0 Å². The Labute approximate surface area is 154 Å². The van der Waals surface area contributed by atoms with Crippen LogP contribution >= 0.6 is 0 Å². The molecule has 9 heteroatoms. The molecule has 0 saturated carbocycles. The third-order valence-corrected chi connectivity index (χ3v) is 5.57. The van der Waals surface area contributed by atoms with Gasteiger partial charge >= 0.3 is 18.1 Å². The number of urea groups is 3. The molecule has 146 valence electrons. The molecular weight excluding hydrogens is 336 g/mol. The minimum Gasteiger partial charge on any atom is -0.325 e. The lowest BCUT2D eigenvalue weighted by atomic mass is 10.1. The van der Waals surface area contributed by atoms with E-state index in [1.54, 1.807) is 23.9 Å². The number of carbonyl (C=O) groups excluding carboxylic acids is 3. The first-order valence-electron chi connectivity index (χ1n) is 9.59. The number of carbonyl (C=O) groups is 3. The van der Waals surface area contributed by atoms with Crippen LogP contribution in [0.3, 0.4) is 0 Å². The summed E-state index contributed by atoms with van der Waals surface area (Å²) >= 11 is 0. The number of likely N-dealkylation sites (tertiary alicyclic amines) is 2. The van der Waals surface area contributed by atoms with Gasteiger partial charge in [-0.15, -0.1) is 0 Å². The van der Waals surface area contributed by atoms with Crippen molar-refractivity contribution in [2.75, 3.05) is 40.3 Å². The molecule has 3 heterocycles. The highest BCUT2D eigenvalue weighted by atomic mass is 16.2. The van der Waals surface area contributed by atoms with Crippen LogP contribution in [0.4, 0.5) is 14.4 Å². The predicted molar refractivity (Wildman–Crippen MR) is 96.4 cm³/mol. The summed E-state index contributed by atoms with van der Waals surface area (Å²) < 4.78 is 0. The van der Waals surface area contributed by atoms with Crippen molar-refractivity contribution in [3.05, 3.63) is 0 Å². The summed E-state index contributed by atoms with van der Waals surface area (Å²) in [6.07, 6.45) is 5.12. The molecule has 0 aromatic rings.